The monoisotopic (exact) mass is 422 g/mol. The minimum Gasteiger partial charge on any atom is -0.508 e. The first kappa shape index (κ1) is 23.9. The molecule has 5 N–H and O–H groups in total. The Morgan fingerprint density at radius 1 is 1.16 bits per heavy atom. The highest BCUT2D eigenvalue weighted by atomic mass is 16.3. The molecular formula is C24H30N4O3. The SMILES string of the molecule is Cc1cc(O)cc(C)c1C[C@H](N)C(=O)N(CCCc1ccc(C#N)cc1)[C@H](C)C(N)=O. The summed E-state index contributed by atoms with van der Waals surface area (Å²) in [4.78, 5) is 26.4. The van der Waals surface area contributed by atoms with Crippen LogP contribution in [-0.2, 0) is 22.4 Å². The van der Waals surface area contributed by atoms with E-state index in [2.05, 4.69) is 6.07 Å². The lowest BCUT2D eigenvalue weighted by atomic mass is 9.95. The van der Waals surface area contributed by atoms with Crippen molar-refractivity contribution < 1.29 is 14.7 Å². The van der Waals surface area contributed by atoms with Gasteiger partial charge in [-0.3, -0.25) is 9.59 Å². The Bertz CT molecular complexity index is 956. The van der Waals surface area contributed by atoms with E-state index in [0.717, 1.165) is 22.3 Å². The molecule has 0 unspecified atom stereocenters. The molecule has 164 valence electrons. The van der Waals surface area contributed by atoms with E-state index < -0.39 is 18.0 Å². The van der Waals surface area contributed by atoms with Gasteiger partial charge in [0.15, 0.2) is 0 Å². The van der Waals surface area contributed by atoms with Crippen molar-refractivity contribution in [1.82, 2.24) is 4.90 Å². The van der Waals surface area contributed by atoms with E-state index in [1.54, 1.807) is 31.2 Å². The molecule has 2 aromatic carbocycles. The van der Waals surface area contributed by atoms with Crippen LogP contribution in [0.25, 0.3) is 0 Å². The van der Waals surface area contributed by atoms with Crippen LogP contribution in [0.5, 0.6) is 5.75 Å². The average Bonchev–Trinajstić information content (AvgIpc) is 2.73. The number of rotatable bonds is 9. The molecular weight excluding hydrogens is 392 g/mol. The summed E-state index contributed by atoms with van der Waals surface area (Å²) in [5.41, 5.74) is 16.0. The first-order chi connectivity index (χ1) is 14.6. The van der Waals surface area contributed by atoms with Crippen LogP contribution in [0.3, 0.4) is 0 Å². The molecule has 31 heavy (non-hydrogen) atoms. The van der Waals surface area contributed by atoms with Crippen LogP contribution in [0.2, 0.25) is 0 Å². The Kier molecular flexibility index (Phi) is 8.17. The lowest BCUT2D eigenvalue weighted by Crippen LogP contribution is -2.53. The van der Waals surface area contributed by atoms with Crippen LogP contribution >= 0.6 is 0 Å². The van der Waals surface area contributed by atoms with Gasteiger partial charge >= 0.3 is 0 Å². The second-order valence-corrected chi connectivity index (χ2v) is 7.89. The second kappa shape index (κ2) is 10.6. The van der Waals surface area contributed by atoms with Gasteiger partial charge in [-0.05, 0) is 86.6 Å². The summed E-state index contributed by atoms with van der Waals surface area (Å²) >= 11 is 0. The molecule has 7 nitrogen and oxygen atoms in total. The van der Waals surface area contributed by atoms with Crippen LogP contribution in [0, 0.1) is 25.2 Å². The number of hydrogen-bond donors (Lipinski definition) is 3. The molecule has 0 radical (unpaired) electrons. The Labute approximate surface area is 183 Å². The quantitative estimate of drug-likeness (QED) is 0.569. The fourth-order valence-corrected chi connectivity index (χ4v) is 3.66. The molecule has 0 saturated carbocycles. The molecule has 0 heterocycles. The predicted octanol–water partition coefficient (Wildman–Crippen LogP) is 2.09. The van der Waals surface area contributed by atoms with E-state index in [4.69, 9.17) is 16.7 Å². The largest absolute Gasteiger partial charge is 0.508 e. The number of nitriles is 1. The highest BCUT2D eigenvalue weighted by molar-refractivity contribution is 5.89. The van der Waals surface area contributed by atoms with E-state index in [1.807, 2.05) is 26.0 Å². The van der Waals surface area contributed by atoms with Crippen molar-refractivity contribution in [1.29, 1.82) is 5.26 Å². The minimum absolute atomic E-state index is 0.172. The van der Waals surface area contributed by atoms with Crippen molar-refractivity contribution in [2.24, 2.45) is 11.5 Å². The van der Waals surface area contributed by atoms with Gasteiger partial charge in [0.05, 0.1) is 17.7 Å². The molecule has 0 aromatic heterocycles. The van der Waals surface area contributed by atoms with E-state index in [0.29, 0.717) is 31.4 Å². The number of phenolic OH excluding ortho intramolecular Hbond substituents is 1. The number of nitrogens with zero attached hydrogens (tertiary/aromatic N) is 2. The molecule has 2 rings (SSSR count). The molecule has 0 saturated heterocycles. The molecule has 0 spiro atoms. The molecule has 0 aliphatic carbocycles. The summed E-state index contributed by atoms with van der Waals surface area (Å²) in [6.45, 7) is 5.66. The Morgan fingerprint density at radius 2 is 1.74 bits per heavy atom. The van der Waals surface area contributed by atoms with Gasteiger partial charge in [0, 0.05) is 6.54 Å². The van der Waals surface area contributed by atoms with Gasteiger partial charge in [-0.1, -0.05) is 12.1 Å². The standard InChI is InChI=1S/C24H30N4O3/c1-15-11-20(29)12-16(2)21(15)13-22(26)24(31)28(17(3)23(27)30)10-4-5-18-6-8-19(14-25)9-7-18/h6-9,11-12,17,22,29H,4-5,10,13,26H2,1-3H3,(H2,27,30)/t17-,22+/m1/s1. The lowest BCUT2D eigenvalue weighted by Gasteiger charge is -2.30. The number of primary amides is 1. The van der Waals surface area contributed by atoms with Crippen molar-refractivity contribution >= 4 is 11.8 Å². The van der Waals surface area contributed by atoms with E-state index >= 15 is 0 Å². The summed E-state index contributed by atoms with van der Waals surface area (Å²) in [7, 11) is 0. The average molecular weight is 423 g/mol. The first-order valence-electron chi connectivity index (χ1n) is 10.3. The highest BCUT2D eigenvalue weighted by Gasteiger charge is 2.28. The third-order valence-corrected chi connectivity index (χ3v) is 5.53. The van der Waals surface area contributed by atoms with E-state index in [-0.39, 0.29) is 11.7 Å². The number of hydrogen-bond acceptors (Lipinski definition) is 5. The molecule has 0 aliphatic heterocycles. The normalized spacial score (nSPS) is 12.6. The number of carbonyl (C=O) groups is 2. The van der Waals surface area contributed by atoms with Gasteiger partial charge in [-0.2, -0.15) is 5.26 Å². The number of carbonyl (C=O) groups excluding carboxylic acids is 2. The minimum atomic E-state index is -0.835. The Hall–Kier alpha value is -3.37. The summed E-state index contributed by atoms with van der Waals surface area (Å²) in [6.07, 6.45) is 1.61. The first-order valence-corrected chi connectivity index (χ1v) is 10.3. The van der Waals surface area contributed by atoms with Gasteiger partial charge in [0.2, 0.25) is 11.8 Å². The third kappa shape index (κ3) is 6.30. The molecule has 2 aromatic rings. The predicted molar refractivity (Wildman–Crippen MR) is 119 cm³/mol. The molecule has 2 atom stereocenters. The molecule has 0 aliphatic rings. The topological polar surface area (TPSA) is 133 Å². The molecule has 7 heteroatoms. The van der Waals surface area contributed by atoms with Gasteiger partial charge < -0.3 is 21.5 Å². The summed E-state index contributed by atoms with van der Waals surface area (Å²) in [6, 6.07) is 11.0. The summed E-state index contributed by atoms with van der Waals surface area (Å²) in [5.74, 6) is -0.751. The van der Waals surface area contributed by atoms with Crippen LogP contribution in [0.4, 0.5) is 0 Å². The maximum Gasteiger partial charge on any atom is 0.240 e. The van der Waals surface area contributed by atoms with Gasteiger partial charge in [-0.15, -0.1) is 0 Å². The van der Waals surface area contributed by atoms with E-state index in [9.17, 15) is 14.7 Å². The zero-order valence-electron chi connectivity index (χ0n) is 18.3. The molecule has 0 fully saturated rings. The molecule has 2 amide bonds. The number of nitrogens with two attached hydrogens (primary N) is 2. The number of benzene rings is 2. The van der Waals surface area contributed by atoms with Crippen molar-refractivity contribution in [3.63, 3.8) is 0 Å². The molecule has 0 bridgehead atoms. The third-order valence-electron chi connectivity index (χ3n) is 5.53. The van der Waals surface area contributed by atoms with E-state index in [1.165, 1.54) is 4.90 Å². The van der Waals surface area contributed by atoms with Crippen LogP contribution in [0.15, 0.2) is 36.4 Å². The number of amides is 2. The van der Waals surface area contributed by atoms with Gasteiger partial charge in [0.1, 0.15) is 11.8 Å². The maximum absolute atomic E-state index is 13.1. The van der Waals surface area contributed by atoms with Gasteiger partial charge in [-0.25, -0.2) is 0 Å². The van der Waals surface area contributed by atoms with Crippen molar-refractivity contribution in [3.05, 3.63) is 64.2 Å². The van der Waals surface area contributed by atoms with Crippen molar-refractivity contribution in [2.45, 2.75) is 52.1 Å². The zero-order valence-corrected chi connectivity index (χ0v) is 18.3. The number of aryl methyl sites for hydroxylation is 3. The fourth-order valence-electron chi connectivity index (χ4n) is 3.66. The second-order valence-electron chi connectivity index (χ2n) is 7.89. The fraction of sp³-hybridized carbons (Fsp3) is 0.375. The van der Waals surface area contributed by atoms with Crippen LogP contribution in [-0.4, -0.2) is 40.4 Å². The van der Waals surface area contributed by atoms with Gasteiger partial charge in [0.25, 0.3) is 0 Å². The highest BCUT2D eigenvalue weighted by Crippen LogP contribution is 2.22. The zero-order chi connectivity index (χ0) is 23.1. The number of aromatic hydroxyl groups is 1. The van der Waals surface area contributed by atoms with Crippen molar-refractivity contribution in [2.75, 3.05) is 6.54 Å². The van der Waals surface area contributed by atoms with Crippen LogP contribution < -0.4 is 11.5 Å². The summed E-state index contributed by atoms with van der Waals surface area (Å²) in [5, 5.41) is 18.6. The summed E-state index contributed by atoms with van der Waals surface area (Å²) < 4.78 is 0. The Morgan fingerprint density at radius 3 is 2.26 bits per heavy atom. The lowest BCUT2D eigenvalue weighted by molar-refractivity contribution is -0.139. The number of phenols is 1. The van der Waals surface area contributed by atoms with Crippen LogP contribution in [0.1, 0.15) is 41.2 Å². The maximum atomic E-state index is 13.1. The Balaban J connectivity index is 2.10. The van der Waals surface area contributed by atoms with Crippen molar-refractivity contribution in [3.8, 4) is 11.8 Å². The smallest absolute Gasteiger partial charge is 0.240 e.